The molecule has 130 valence electrons. The number of fused-ring (bicyclic) bond motifs is 1. The van der Waals surface area contributed by atoms with Crippen molar-refractivity contribution >= 4 is 44.8 Å². The number of hydrogen-bond donors (Lipinski definition) is 1. The maximum absolute atomic E-state index is 5.23. The van der Waals surface area contributed by atoms with Gasteiger partial charge in [0.2, 0.25) is 5.13 Å². The number of nitrogens with zero attached hydrogens (tertiary/aromatic N) is 3. The molecule has 2 aromatic carbocycles. The van der Waals surface area contributed by atoms with Gasteiger partial charge in [0, 0.05) is 22.9 Å². The predicted octanol–water partition coefficient (Wildman–Crippen LogP) is 5.13. The van der Waals surface area contributed by atoms with Crippen LogP contribution in [0, 0.1) is 0 Å². The van der Waals surface area contributed by atoms with E-state index in [-0.39, 0.29) is 0 Å². The lowest BCUT2D eigenvalue weighted by molar-refractivity contribution is 0.415. The van der Waals surface area contributed by atoms with Crippen LogP contribution in [0.25, 0.3) is 10.9 Å². The van der Waals surface area contributed by atoms with E-state index in [0.29, 0.717) is 0 Å². The minimum absolute atomic E-state index is 0.757. The molecule has 0 saturated carbocycles. The van der Waals surface area contributed by atoms with Gasteiger partial charge in [-0.3, -0.25) is 4.98 Å². The van der Waals surface area contributed by atoms with E-state index in [9.17, 15) is 0 Å². The highest BCUT2D eigenvalue weighted by Gasteiger charge is 2.07. The molecule has 0 amide bonds. The molecule has 0 atom stereocenters. The van der Waals surface area contributed by atoms with Gasteiger partial charge in [0.15, 0.2) is 4.34 Å². The first-order valence-electron chi connectivity index (χ1n) is 8.02. The van der Waals surface area contributed by atoms with Crippen LogP contribution in [-0.4, -0.2) is 22.3 Å². The molecular formula is C19H16N4OS2. The molecule has 0 aliphatic heterocycles. The number of thioether (sulfide) groups is 1. The van der Waals surface area contributed by atoms with Gasteiger partial charge in [-0.2, -0.15) is 0 Å². The number of benzene rings is 2. The summed E-state index contributed by atoms with van der Waals surface area (Å²) < 4.78 is 6.14. The van der Waals surface area contributed by atoms with E-state index in [0.717, 1.165) is 43.3 Å². The summed E-state index contributed by atoms with van der Waals surface area (Å²) in [6.45, 7) is 0. The van der Waals surface area contributed by atoms with Gasteiger partial charge in [-0.15, -0.1) is 10.2 Å². The molecule has 0 radical (unpaired) electrons. The first-order chi connectivity index (χ1) is 12.8. The Balaban J connectivity index is 1.41. The van der Waals surface area contributed by atoms with Crippen molar-refractivity contribution in [1.29, 1.82) is 0 Å². The molecule has 0 spiro atoms. The molecule has 7 heteroatoms. The summed E-state index contributed by atoms with van der Waals surface area (Å²) in [5.41, 5.74) is 2.97. The molecule has 0 fully saturated rings. The molecule has 0 aliphatic carbocycles. The highest BCUT2D eigenvalue weighted by Crippen LogP contribution is 2.30. The van der Waals surface area contributed by atoms with Gasteiger partial charge < -0.3 is 10.1 Å². The fourth-order valence-corrected chi connectivity index (χ4v) is 4.14. The average Bonchev–Trinajstić information content (AvgIpc) is 3.13. The minimum Gasteiger partial charge on any atom is -0.497 e. The second-order valence-electron chi connectivity index (χ2n) is 5.51. The Morgan fingerprint density at radius 2 is 1.96 bits per heavy atom. The number of ether oxygens (including phenoxy) is 1. The Morgan fingerprint density at radius 1 is 1.04 bits per heavy atom. The monoisotopic (exact) mass is 380 g/mol. The summed E-state index contributed by atoms with van der Waals surface area (Å²) in [5.74, 6) is 1.56. The van der Waals surface area contributed by atoms with Crippen LogP contribution in [0.5, 0.6) is 5.75 Å². The van der Waals surface area contributed by atoms with Crippen LogP contribution in [0.2, 0.25) is 0 Å². The standard InChI is InChI=1S/C19H16N4OS2/c1-24-16-7-4-6-14(11-16)21-18-22-23-19(26-18)25-12-15-10-9-13-5-2-3-8-17(13)20-15/h2-11H,12H2,1H3,(H,21,22). The van der Waals surface area contributed by atoms with E-state index in [1.54, 1.807) is 18.9 Å². The van der Waals surface area contributed by atoms with Crippen molar-refractivity contribution in [2.24, 2.45) is 0 Å². The molecule has 0 aliphatic rings. The van der Waals surface area contributed by atoms with Crippen molar-refractivity contribution in [2.45, 2.75) is 10.1 Å². The highest BCUT2D eigenvalue weighted by molar-refractivity contribution is 8.00. The Bertz CT molecular complexity index is 1030. The van der Waals surface area contributed by atoms with Crippen molar-refractivity contribution in [3.63, 3.8) is 0 Å². The first kappa shape index (κ1) is 16.8. The van der Waals surface area contributed by atoms with Gasteiger partial charge in [-0.05, 0) is 24.3 Å². The van der Waals surface area contributed by atoms with Crippen molar-refractivity contribution in [2.75, 3.05) is 12.4 Å². The van der Waals surface area contributed by atoms with E-state index >= 15 is 0 Å². The van der Waals surface area contributed by atoms with Crippen LogP contribution >= 0.6 is 23.1 Å². The second kappa shape index (κ2) is 7.72. The topological polar surface area (TPSA) is 59.9 Å². The molecule has 4 rings (SSSR count). The third-order valence-electron chi connectivity index (χ3n) is 3.73. The summed E-state index contributed by atoms with van der Waals surface area (Å²) >= 11 is 3.16. The van der Waals surface area contributed by atoms with Crippen LogP contribution < -0.4 is 10.1 Å². The summed E-state index contributed by atoms with van der Waals surface area (Å²) in [5, 5.41) is 13.6. The molecule has 5 nitrogen and oxygen atoms in total. The highest BCUT2D eigenvalue weighted by atomic mass is 32.2. The SMILES string of the molecule is COc1cccc(Nc2nnc(SCc3ccc4ccccc4n3)s2)c1. The van der Waals surface area contributed by atoms with Gasteiger partial charge >= 0.3 is 0 Å². The quantitative estimate of drug-likeness (QED) is 0.468. The average molecular weight is 380 g/mol. The number of para-hydroxylation sites is 1. The fourth-order valence-electron chi connectivity index (χ4n) is 2.47. The molecule has 2 aromatic heterocycles. The summed E-state index contributed by atoms with van der Waals surface area (Å²) in [7, 11) is 1.65. The Kier molecular flexibility index (Phi) is 4.99. The Labute approximate surface area is 159 Å². The molecule has 4 aromatic rings. The van der Waals surface area contributed by atoms with Crippen molar-refractivity contribution in [3.05, 3.63) is 66.4 Å². The minimum atomic E-state index is 0.757. The van der Waals surface area contributed by atoms with E-state index in [4.69, 9.17) is 9.72 Å². The molecule has 26 heavy (non-hydrogen) atoms. The molecular weight excluding hydrogens is 364 g/mol. The summed E-state index contributed by atoms with van der Waals surface area (Å²) in [6.07, 6.45) is 0. The smallest absolute Gasteiger partial charge is 0.210 e. The maximum atomic E-state index is 5.23. The van der Waals surface area contributed by atoms with E-state index in [1.807, 2.05) is 42.5 Å². The maximum Gasteiger partial charge on any atom is 0.210 e. The van der Waals surface area contributed by atoms with E-state index in [1.165, 1.54) is 11.3 Å². The largest absolute Gasteiger partial charge is 0.497 e. The lowest BCUT2D eigenvalue weighted by Gasteiger charge is -2.04. The first-order valence-corrected chi connectivity index (χ1v) is 9.82. The molecule has 2 heterocycles. The van der Waals surface area contributed by atoms with E-state index < -0.39 is 0 Å². The lowest BCUT2D eigenvalue weighted by Crippen LogP contribution is -1.90. The van der Waals surface area contributed by atoms with Gasteiger partial charge in [-0.1, -0.05) is 53.4 Å². The van der Waals surface area contributed by atoms with Crippen molar-refractivity contribution in [1.82, 2.24) is 15.2 Å². The zero-order chi connectivity index (χ0) is 17.8. The van der Waals surface area contributed by atoms with Gasteiger partial charge in [-0.25, -0.2) is 0 Å². The second-order valence-corrected chi connectivity index (χ2v) is 7.71. The van der Waals surface area contributed by atoms with E-state index in [2.05, 4.69) is 33.7 Å². The zero-order valence-electron chi connectivity index (χ0n) is 14.0. The number of pyridine rings is 1. The normalized spacial score (nSPS) is 10.8. The number of nitrogens with one attached hydrogen (secondary N) is 1. The number of methoxy groups -OCH3 is 1. The van der Waals surface area contributed by atoms with Crippen LogP contribution in [0.4, 0.5) is 10.8 Å². The van der Waals surface area contributed by atoms with Crippen molar-refractivity contribution < 1.29 is 4.74 Å². The van der Waals surface area contributed by atoms with Crippen LogP contribution in [-0.2, 0) is 5.75 Å². The van der Waals surface area contributed by atoms with Gasteiger partial charge in [0.25, 0.3) is 0 Å². The Hall–Kier alpha value is -2.64. The molecule has 0 saturated heterocycles. The molecule has 1 N–H and O–H groups in total. The van der Waals surface area contributed by atoms with Crippen LogP contribution in [0.3, 0.4) is 0 Å². The van der Waals surface area contributed by atoms with Crippen molar-refractivity contribution in [3.8, 4) is 5.75 Å². The third-order valence-corrected chi connectivity index (χ3v) is 5.73. The fraction of sp³-hybridized carbons (Fsp3) is 0.105. The zero-order valence-corrected chi connectivity index (χ0v) is 15.7. The third kappa shape index (κ3) is 3.95. The number of anilines is 2. The number of aromatic nitrogens is 3. The lowest BCUT2D eigenvalue weighted by atomic mass is 10.2. The van der Waals surface area contributed by atoms with Crippen LogP contribution in [0.1, 0.15) is 5.69 Å². The molecule has 0 bridgehead atoms. The molecule has 0 unspecified atom stereocenters. The Morgan fingerprint density at radius 3 is 2.88 bits per heavy atom. The number of rotatable bonds is 6. The number of hydrogen-bond acceptors (Lipinski definition) is 7. The predicted molar refractivity (Wildman–Crippen MR) is 107 cm³/mol. The van der Waals surface area contributed by atoms with Gasteiger partial charge in [0.1, 0.15) is 5.75 Å². The summed E-state index contributed by atoms with van der Waals surface area (Å²) in [4.78, 5) is 4.69. The van der Waals surface area contributed by atoms with Crippen LogP contribution in [0.15, 0.2) is 65.0 Å². The van der Waals surface area contributed by atoms with Gasteiger partial charge in [0.05, 0.1) is 18.3 Å². The summed E-state index contributed by atoms with van der Waals surface area (Å²) in [6, 6.07) is 20.0.